The van der Waals surface area contributed by atoms with E-state index >= 15 is 0 Å². The van der Waals surface area contributed by atoms with Gasteiger partial charge in [-0.25, -0.2) is 0 Å². The number of ether oxygens (including phenoxy) is 1. The molecule has 116 valence electrons. The van der Waals surface area contributed by atoms with Gasteiger partial charge >= 0.3 is 0 Å². The Morgan fingerprint density at radius 1 is 1.45 bits per heavy atom. The van der Waals surface area contributed by atoms with E-state index in [2.05, 4.69) is 5.32 Å². The van der Waals surface area contributed by atoms with Crippen LogP contribution < -0.4 is 10.1 Å². The molecule has 2 N–H and O–H groups in total. The highest BCUT2D eigenvalue weighted by Gasteiger charge is 2.35. The van der Waals surface area contributed by atoms with Crippen molar-refractivity contribution < 1.29 is 19.1 Å². The predicted octanol–water partition coefficient (Wildman–Crippen LogP) is 2.24. The zero-order chi connectivity index (χ0) is 15.6. The molecule has 2 aromatic rings. The number of benzene rings is 1. The summed E-state index contributed by atoms with van der Waals surface area (Å²) in [5.74, 6) is 0.535. The lowest BCUT2D eigenvalue weighted by Crippen LogP contribution is -2.42. The highest BCUT2D eigenvalue weighted by Crippen LogP contribution is 2.36. The lowest BCUT2D eigenvalue weighted by molar-refractivity contribution is 0.0189. The van der Waals surface area contributed by atoms with Crippen LogP contribution in [-0.2, 0) is 12.0 Å². The molecule has 5 heteroatoms. The quantitative estimate of drug-likeness (QED) is 0.908. The van der Waals surface area contributed by atoms with E-state index in [4.69, 9.17) is 9.15 Å². The highest BCUT2D eigenvalue weighted by molar-refractivity contribution is 5.93. The Labute approximate surface area is 128 Å². The van der Waals surface area contributed by atoms with Gasteiger partial charge in [-0.05, 0) is 48.6 Å². The Hall–Kier alpha value is -2.27. The van der Waals surface area contributed by atoms with Crippen LogP contribution in [0.15, 0.2) is 41.2 Å². The summed E-state index contributed by atoms with van der Waals surface area (Å²) in [4.78, 5) is 12.0. The van der Waals surface area contributed by atoms with Gasteiger partial charge in [0, 0.05) is 0 Å². The molecule has 0 aliphatic heterocycles. The van der Waals surface area contributed by atoms with Gasteiger partial charge in [0.1, 0.15) is 17.6 Å². The van der Waals surface area contributed by atoms with Crippen molar-refractivity contribution in [3.8, 4) is 5.75 Å². The minimum absolute atomic E-state index is 0.177. The van der Waals surface area contributed by atoms with Crippen LogP contribution in [0.4, 0.5) is 0 Å². The molecule has 1 aliphatic rings. The molecule has 22 heavy (non-hydrogen) atoms. The molecule has 1 aliphatic carbocycles. The van der Waals surface area contributed by atoms with Gasteiger partial charge in [0.25, 0.3) is 5.91 Å². The summed E-state index contributed by atoms with van der Waals surface area (Å²) in [6, 6.07) is 7.28. The van der Waals surface area contributed by atoms with Gasteiger partial charge in [-0.2, -0.15) is 0 Å². The van der Waals surface area contributed by atoms with Gasteiger partial charge in [0.15, 0.2) is 0 Å². The Bertz CT molecular complexity index is 665. The molecule has 1 atom stereocenters. The number of amides is 1. The molecule has 0 saturated heterocycles. The highest BCUT2D eigenvalue weighted by atomic mass is 16.5. The predicted molar refractivity (Wildman–Crippen MR) is 80.9 cm³/mol. The third-order valence-corrected chi connectivity index (χ3v) is 4.17. The van der Waals surface area contributed by atoms with Crippen LogP contribution in [0, 0.1) is 0 Å². The van der Waals surface area contributed by atoms with Gasteiger partial charge < -0.3 is 19.6 Å². The van der Waals surface area contributed by atoms with Crippen molar-refractivity contribution in [3.63, 3.8) is 0 Å². The monoisotopic (exact) mass is 301 g/mol. The SMILES string of the molecule is COc1ccc2c(c1)CCCC2(O)CNC(=O)c1ccoc1. The normalized spacial score (nSPS) is 20.3. The Morgan fingerprint density at radius 3 is 3.05 bits per heavy atom. The number of furan rings is 1. The van der Waals surface area contributed by atoms with Crippen LogP contribution in [0.3, 0.4) is 0 Å². The molecule has 3 rings (SSSR count). The van der Waals surface area contributed by atoms with E-state index in [0.717, 1.165) is 29.7 Å². The summed E-state index contributed by atoms with van der Waals surface area (Å²) in [7, 11) is 1.63. The number of rotatable bonds is 4. The van der Waals surface area contributed by atoms with E-state index in [1.54, 1.807) is 13.2 Å². The molecular formula is C17H19NO4. The lowest BCUT2D eigenvalue weighted by Gasteiger charge is -2.34. The smallest absolute Gasteiger partial charge is 0.254 e. The zero-order valence-corrected chi connectivity index (χ0v) is 12.5. The number of methoxy groups -OCH3 is 1. The van der Waals surface area contributed by atoms with E-state index in [1.165, 1.54) is 12.5 Å². The summed E-state index contributed by atoms with van der Waals surface area (Å²) in [6.45, 7) is 0.177. The van der Waals surface area contributed by atoms with Crippen molar-refractivity contribution in [1.29, 1.82) is 0 Å². The van der Waals surface area contributed by atoms with E-state index in [9.17, 15) is 9.90 Å². The fourth-order valence-corrected chi connectivity index (χ4v) is 2.97. The first-order chi connectivity index (χ1) is 10.6. The van der Waals surface area contributed by atoms with Gasteiger partial charge in [0.2, 0.25) is 0 Å². The number of nitrogens with one attached hydrogen (secondary N) is 1. The number of carbonyl (C=O) groups excluding carboxylic acids is 1. The maximum Gasteiger partial charge on any atom is 0.254 e. The van der Waals surface area contributed by atoms with Gasteiger partial charge in [0.05, 0.1) is 25.5 Å². The molecule has 0 bridgehead atoms. The van der Waals surface area contributed by atoms with Crippen molar-refractivity contribution in [1.82, 2.24) is 5.32 Å². The maximum absolute atomic E-state index is 12.0. The fourth-order valence-electron chi connectivity index (χ4n) is 2.97. The molecule has 1 unspecified atom stereocenters. The molecule has 0 radical (unpaired) electrons. The minimum Gasteiger partial charge on any atom is -0.497 e. The van der Waals surface area contributed by atoms with Crippen molar-refractivity contribution in [2.75, 3.05) is 13.7 Å². The van der Waals surface area contributed by atoms with E-state index < -0.39 is 5.60 Å². The van der Waals surface area contributed by atoms with E-state index in [0.29, 0.717) is 12.0 Å². The molecule has 1 aromatic carbocycles. The molecule has 0 fully saturated rings. The maximum atomic E-state index is 12.0. The van der Waals surface area contributed by atoms with E-state index in [1.807, 2.05) is 18.2 Å². The number of fused-ring (bicyclic) bond motifs is 1. The molecule has 0 spiro atoms. The topological polar surface area (TPSA) is 71.7 Å². The van der Waals surface area contributed by atoms with Crippen molar-refractivity contribution >= 4 is 5.91 Å². The second kappa shape index (κ2) is 5.85. The van der Waals surface area contributed by atoms with Crippen LogP contribution in [0.25, 0.3) is 0 Å². The van der Waals surface area contributed by atoms with Gasteiger partial charge in [-0.15, -0.1) is 0 Å². The molecule has 1 heterocycles. The minimum atomic E-state index is -1.04. The standard InChI is InChI=1S/C17H19NO4/c1-21-14-4-5-15-12(9-14)3-2-7-17(15,20)11-18-16(19)13-6-8-22-10-13/h4-6,8-10,20H,2-3,7,11H2,1H3,(H,18,19). The average Bonchev–Trinajstić information content (AvgIpc) is 3.07. The summed E-state index contributed by atoms with van der Waals surface area (Å²) in [5, 5.41) is 13.7. The molecular weight excluding hydrogens is 282 g/mol. The van der Waals surface area contributed by atoms with Crippen LogP contribution in [0.5, 0.6) is 5.75 Å². The zero-order valence-electron chi connectivity index (χ0n) is 12.5. The number of carbonyl (C=O) groups is 1. The fraction of sp³-hybridized carbons (Fsp3) is 0.353. The van der Waals surface area contributed by atoms with Crippen LogP contribution >= 0.6 is 0 Å². The summed E-state index contributed by atoms with van der Waals surface area (Å²) in [5.41, 5.74) is 1.35. The number of hydrogen-bond acceptors (Lipinski definition) is 4. The molecule has 5 nitrogen and oxygen atoms in total. The van der Waals surface area contributed by atoms with Gasteiger partial charge in [-0.3, -0.25) is 4.79 Å². The second-order valence-corrected chi connectivity index (χ2v) is 5.60. The molecule has 1 amide bonds. The molecule has 1 aromatic heterocycles. The number of aryl methyl sites for hydroxylation is 1. The summed E-state index contributed by atoms with van der Waals surface area (Å²) >= 11 is 0. The van der Waals surface area contributed by atoms with Crippen molar-refractivity contribution in [2.45, 2.75) is 24.9 Å². The van der Waals surface area contributed by atoms with Crippen LogP contribution in [0.1, 0.15) is 34.3 Å². The van der Waals surface area contributed by atoms with Crippen molar-refractivity contribution in [3.05, 3.63) is 53.5 Å². The molecule has 0 saturated carbocycles. The second-order valence-electron chi connectivity index (χ2n) is 5.60. The Morgan fingerprint density at radius 2 is 2.32 bits per heavy atom. The average molecular weight is 301 g/mol. The van der Waals surface area contributed by atoms with Gasteiger partial charge in [-0.1, -0.05) is 6.07 Å². The number of hydrogen-bond donors (Lipinski definition) is 2. The first-order valence-electron chi connectivity index (χ1n) is 7.32. The lowest BCUT2D eigenvalue weighted by atomic mass is 9.79. The van der Waals surface area contributed by atoms with Crippen LogP contribution in [0.2, 0.25) is 0 Å². The summed E-state index contributed by atoms with van der Waals surface area (Å²) < 4.78 is 10.1. The first-order valence-corrected chi connectivity index (χ1v) is 7.32. The Kier molecular flexibility index (Phi) is 3.90. The Balaban J connectivity index is 1.78. The van der Waals surface area contributed by atoms with Crippen LogP contribution in [-0.4, -0.2) is 24.7 Å². The number of aliphatic hydroxyl groups is 1. The summed E-state index contributed by atoms with van der Waals surface area (Å²) in [6.07, 6.45) is 5.24. The first kappa shape index (κ1) is 14.7. The third-order valence-electron chi connectivity index (χ3n) is 4.17. The van der Waals surface area contributed by atoms with Crippen molar-refractivity contribution in [2.24, 2.45) is 0 Å². The largest absolute Gasteiger partial charge is 0.497 e. The third kappa shape index (κ3) is 2.72. The van der Waals surface area contributed by atoms with E-state index in [-0.39, 0.29) is 12.5 Å².